The Hall–Kier alpha value is -3.02. The molecule has 0 aromatic heterocycles. The first-order valence-corrected chi connectivity index (χ1v) is 8.97. The van der Waals surface area contributed by atoms with Crippen LogP contribution >= 0.6 is 0 Å². The zero-order valence-corrected chi connectivity index (χ0v) is 16.2. The lowest BCUT2D eigenvalue weighted by Gasteiger charge is -2.12. The average Bonchev–Trinajstić information content (AvgIpc) is 2.70. The van der Waals surface area contributed by atoms with E-state index in [-0.39, 0.29) is 5.91 Å². The number of nitrogens with one attached hydrogen (secondary N) is 2. The summed E-state index contributed by atoms with van der Waals surface area (Å²) in [6.07, 6.45) is 0.871. The molecule has 0 aliphatic heterocycles. The van der Waals surface area contributed by atoms with Gasteiger partial charge in [0.1, 0.15) is 0 Å². The molecule has 0 spiro atoms. The number of benzene rings is 2. The smallest absolute Gasteiger partial charge is 0.269 e. The number of amides is 2. The van der Waals surface area contributed by atoms with Gasteiger partial charge in [0.25, 0.3) is 11.8 Å². The molecular formula is C21H26N2O4. The number of carbonyl (C=O) groups excluding carboxylic acids is 2. The maximum absolute atomic E-state index is 12.3. The van der Waals surface area contributed by atoms with Gasteiger partial charge < -0.3 is 9.47 Å². The highest BCUT2D eigenvalue weighted by atomic mass is 16.5. The van der Waals surface area contributed by atoms with Gasteiger partial charge in [-0.15, -0.1) is 0 Å². The van der Waals surface area contributed by atoms with Crippen LogP contribution in [0.25, 0.3) is 0 Å². The summed E-state index contributed by atoms with van der Waals surface area (Å²) in [7, 11) is 1.51. The number of hydrogen-bond donors (Lipinski definition) is 2. The Morgan fingerprint density at radius 3 is 2.07 bits per heavy atom. The second-order valence-corrected chi connectivity index (χ2v) is 6.40. The van der Waals surface area contributed by atoms with Gasteiger partial charge in [0.2, 0.25) is 0 Å². The Kier molecular flexibility index (Phi) is 7.23. The highest BCUT2D eigenvalue weighted by molar-refractivity contribution is 5.99. The van der Waals surface area contributed by atoms with E-state index in [1.165, 1.54) is 7.11 Å². The molecule has 0 saturated heterocycles. The van der Waals surface area contributed by atoms with E-state index in [4.69, 9.17) is 9.47 Å². The molecule has 0 saturated carbocycles. The molecule has 2 rings (SSSR count). The van der Waals surface area contributed by atoms with Crippen molar-refractivity contribution in [3.8, 4) is 11.5 Å². The highest BCUT2D eigenvalue weighted by Crippen LogP contribution is 2.28. The van der Waals surface area contributed by atoms with Gasteiger partial charge in [-0.3, -0.25) is 20.4 Å². The molecule has 2 amide bonds. The average molecular weight is 370 g/mol. The zero-order valence-electron chi connectivity index (χ0n) is 16.2. The molecule has 0 atom stereocenters. The second kappa shape index (κ2) is 9.62. The van der Waals surface area contributed by atoms with Crippen LogP contribution in [-0.4, -0.2) is 25.5 Å². The number of carbonyl (C=O) groups is 2. The van der Waals surface area contributed by atoms with Crippen LogP contribution in [0.5, 0.6) is 11.5 Å². The molecule has 2 N–H and O–H groups in total. The summed E-state index contributed by atoms with van der Waals surface area (Å²) in [4.78, 5) is 24.5. The molecule has 0 radical (unpaired) electrons. The Labute approximate surface area is 159 Å². The lowest BCUT2D eigenvalue weighted by atomic mass is 10.0. The standard InChI is InChI=1S/C21H26N2O4/c1-5-12-27-18-11-10-17(13-19(18)26-4)21(25)23-22-20(24)16-8-6-15(7-9-16)14(2)3/h6-11,13-14H,5,12H2,1-4H3,(H,22,24)(H,23,25). The van der Waals surface area contributed by atoms with E-state index < -0.39 is 5.91 Å². The highest BCUT2D eigenvalue weighted by Gasteiger charge is 2.13. The fourth-order valence-electron chi connectivity index (χ4n) is 2.42. The maximum Gasteiger partial charge on any atom is 0.269 e. The molecule has 6 heteroatoms. The molecule has 0 unspecified atom stereocenters. The number of hydrazine groups is 1. The van der Waals surface area contributed by atoms with Gasteiger partial charge in [-0.05, 0) is 48.2 Å². The SMILES string of the molecule is CCCOc1ccc(C(=O)NNC(=O)c2ccc(C(C)C)cc2)cc1OC. The summed E-state index contributed by atoms with van der Waals surface area (Å²) in [5.74, 6) is 0.606. The minimum Gasteiger partial charge on any atom is -0.493 e. The van der Waals surface area contributed by atoms with Crippen molar-refractivity contribution in [3.63, 3.8) is 0 Å². The van der Waals surface area contributed by atoms with Crippen molar-refractivity contribution in [1.82, 2.24) is 10.9 Å². The molecule has 2 aromatic carbocycles. The summed E-state index contributed by atoms with van der Waals surface area (Å²) in [6, 6.07) is 12.1. The van der Waals surface area contributed by atoms with Gasteiger partial charge in [0.15, 0.2) is 11.5 Å². The second-order valence-electron chi connectivity index (χ2n) is 6.40. The van der Waals surface area contributed by atoms with E-state index in [0.717, 1.165) is 12.0 Å². The van der Waals surface area contributed by atoms with Crippen molar-refractivity contribution in [1.29, 1.82) is 0 Å². The lowest BCUT2D eigenvalue weighted by Crippen LogP contribution is -2.41. The normalized spacial score (nSPS) is 10.4. The van der Waals surface area contributed by atoms with E-state index in [1.807, 2.05) is 19.1 Å². The topological polar surface area (TPSA) is 76.7 Å². The predicted molar refractivity (Wildman–Crippen MR) is 104 cm³/mol. The molecule has 6 nitrogen and oxygen atoms in total. The van der Waals surface area contributed by atoms with Crippen LogP contribution in [0.4, 0.5) is 0 Å². The Bertz CT molecular complexity index is 785. The van der Waals surface area contributed by atoms with Crippen LogP contribution in [0.3, 0.4) is 0 Å². The largest absolute Gasteiger partial charge is 0.493 e. The van der Waals surface area contributed by atoms with E-state index in [0.29, 0.717) is 35.2 Å². The minimum absolute atomic E-state index is 0.353. The van der Waals surface area contributed by atoms with Gasteiger partial charge in [0.05, 0.1) is 13.7 Å². The molecule has 2 aromatic rings. The van der Waals surface area contributed by atoms with Crippen LogP contribution < -0.4 is 20.3 Å². The van der Waals surface area contributed by atoms with Crippen LogP contribution in [0.2, 0.25) is 0 Å². The molecule has 27 heavy (non-hydrogen) atoms. The molecule has 0 aliphatic rings. The van der Waals surface area contributed by atoms with E-state index in [9.17, 15) is 9.59 Å². The Balaban J connectivity index is 1.99. The van der Waals surface area contributed by atoms with Crippen LogP contribution in [-0.2, 0) is 0 Å². The monoisotopic (exact) mass is 370 g/mol. The quantitative estimate of drug-likeness (QED) is 0.729. The third kappa shape index (κ3) is 5.48. The van der Waals surface area contributed by atoms with Crippen molar-refractivity contribution >= 4 is 11.8 Å². The minimum atomic E-state index is -0.442. The summed E-state index contributed by atoms with van der Waals surface area (Å²) in [6.45, 7) is 6.74. The zero-order chi connectivity index (χ0) is 19.8. The molecule has 0 aliphatic carbocycles. The molecule has 0 fully saturated rings. The number of hydrogen-bond acceptors (Lipinski definition) is 4. The first-order valence-electron chi connectivity index (χ1n) is 8.97. The Morgan fingerprint density at radius 1 is 0.926 bits per heavy atom. The molecule has 144 valence electrons. The van der Waals surface area contributed by atoms with Crippen molar-refractivity contribution in [2.45, 2.75) is 33.1 Å². The number of rotatable bonds is 7. The summed E-state index contributed by atoms with van der Waals surface area (Å²) < 4.78 is 10.8. The van der Waals surface area contributed by atoms with Crippen molar-refractivity contribution < 1.29 is 19.1 Å². The van der Waals surface area contributed by atoms with Crippen LogP contribution in [0, 0.1) is 0 Å². The molecular weight excluding hydrogens is 344 g/mol. The first-order chi connectivity index (χ1) is 13.0. The number of ether oxygens (including phenoxy) is 2. The van der Waals surface area contributed by atoms with Crippen LogP contribution in [0.15, 0.2) is 42.5 Å². The van der Waals surface area contributed by atoms with Crippen molar-refractivity contribution in [3.05, 3.63) is 59.2 Å². The molecule has 0 bridgehead atoms. The lowest BCUT2D eigenvalue weighted by molar-refractivity contribution is 0.0846. The third-order valence-corrected chi connectivity index (χ3v) is 4.02. The van der Waals surface area contributed by atoms with E-state index in [1.54, 1.807) is 30.3 Å². The predicted octanol–water partition coefficient (Wildman–Crippen LogP) is 3.68. The third-order valence-electron chi connectivity index (χ3n) is 4.02. The van der Waals surface area contributed by atoms with Gasteiger partial charge in [-0.1, -0.05) is 32.9 Å². The van der Waals surface area contributed by atoms with Gasteiger partial charge >= 0.3 is 0 Å². The van der Waals surface area contributed by atoms with Crippen LogP contribution in [0.1, 0.15) is 59.4 Å². The van der Waals surface area contributed by atoms with E-state index in [2.05, 4.69) is 24.7 Å². The van der Waals surface area contributed by atoms with Crippen molar-refractivity contribution in [2.75, 3.05) is 13.7 Å². The first kappa shape index (κ1) is 20.3. The van der Waals surface area contributed by atoms with Gasteiger partial charge in [0, 0.05) is 11.1 Å². The number of methoxy groups -OCH3 is 1. The summed E-state index contributed by atoms with van der Waals surface area (Å²) >= 11 is 0. The van der Waals surface area contributed by atoms with Crippen molar-refractivity contribution in [2.24, 2.45) is 0 Å². The fourth-order valence-corrected chi connectivity index (χ4v) is 2.42. The van der Waals surface area contributed by atoms with E-state index >= 15 is 0 Å². The maximum atomic E-state index is 12.3. The van der Waals surface area contributed by atoms with Gasteiger partial charge in [-0.25, -0.2) is 0 Å². The summed E-state index contributed by atoms with van der Waals surface area (Å²) in [5, 5.41) is 0. The summed E-state index contributed by atoms with van der Waals surface area (Å²) in [5.41, 5.74) is 6.81. The Morgan fingerprint density at radius 2 is 1.52 bits per heavy atom. The fraction of sp³-hybridized carbons (Fsp3) is 0.333. The van der Waals surface area contributed by atoms with Gasteiger partial charge in [-0.2, -0.15) is 0 Å². The molecule has 0 heterocycles.